The number of anilines is 1. The van der Waals surface area contributed by atoms with E-state index in [-0.39, 0.29) is 17.7 Å². The van der Waals surface area contributed by atoms with Crippen LogP contribution in [0.1, 0.15) is 5.69 Å². The van der Waals surface area contributed by atoms with Gasteiger partial charge in [0.1, 0.15) is 0 Å². The number of rotatable bonds is 3. The molecule has 5 nitrogen and oxygen atoms in total. The van der Waals surface area contributed by atoms with Gasteiger partial charge in [0.2, 0.25) is 5.91 Å². The highest BCUT2D eigenvalue weighted by Gasteiger charge is 2.15. The van der Waals surface area contributed by atoms with E-state index in [9.17, 15) is 22.8 Å². The summed E-state index contributed by atoms with van der Waals surface area (Å²) in [5, 5.41) is 7.27. The van der Waals surface area contributed by atoms with E-state index in [1.54, 1.807) is 24.3 Å². The van der Waals surface area contributed by atoms with Gasteiger partial charge in [-0.3, -0.25) is 9.59 Å². The van der Waals surface area contributed by atoms with E-state index in [1.165, 1.54) is 7.05 Å². The van der Waals surface area contributed by atoms with Gasteiger partial charge < -0.3 is 5.32 Å². The van der Waals surface area contributed by atoms with Crippen LogP contribution in [-0.2, 0) is 18.3 Å². The fourth-order valence-electron chi connectivity index (χ4n) is 2.49. The Kier molecular flexibility index (Phi) is 4.26. The van der Waals surface area contributed by atoms with Crippen molar-refractivity contribution in [2.45, 2.75) is 6.42 Å². The number of carbonyl (C=O) groups is 1. The topological polar surface area (TPSA) is 64.0 Å². The summed E-state index contributed by atoms with van der Waals surface area (Å²) < 4.78 is 40.5. The second-order valence-corrected chi connectivity index (χ2v) is 5.40. The summed E-state index contributed by atoms with van der Waals surface area (Å²) in [5.41, 5.74) is -0.184. The molecule has 0 aliphatic rings. The van der Waals surface area contributed by atoms with Crippen molar-refractivity contribution in [3.63, 3.8) is 0 Å². The monoisotopic (exact) mass is 347 g/mol. The fourth-order valence-corrected chi connectivity index (χ4v) is 2.49. The average Bonchev–Trinajstić information content (AvgIpc) is 2.57. The highest BCUT2D eigenvalue weighted by molar-refractivity contribution is 5.95. The molecule has 3 rings (SSSR count). The predicted molar refractivity (Wildman–Crippen MR) is 85.6 cm³/mol. The summed E-state index contributed by atoms with van der Waals surface area (Å²) >= 11 is 0. The van der Waals surface area contributed by atoms with E-state index in [2.05, 4.69) is 10.4 Å². The number of aryl methyl sites for hydroxylation is 1. The number of nitrogens with zero attached hydrogens (tertiary/aromatic N) is 2. The Morgan fingerprint density at radius 1 is 1.12 bits per heavy atom. The van der Waals surface area contributed by atoms with Crippen molar-refractivity contribution in [2.75, 3.05) is 5.32 Å². The van der Waals surface area contributed by atoms with E-state index >= 15 is 0 Å². The number of benzene rings is 2. The molecule has 0 aliphatic heterocycles. The first kappa shape index (κ1) is 16.7. The van der Waals surface area contributed by atoms with E-state index in [4.69, 9.17) is 0 Å². The zero-order valence-electron chi connectivity index (χ0n) is 13.0. The van der Waals surface area contributed by atoms with Gasteiger partial charge in [-0.2, -0.15) is 5.10 Å². The van der Waals surface area contributed by atoms with Gasteiger partial charge in [0.25, 0.3) is 5.56 Å². The Balaban J connectivity index is 1.90. The molecule has 3 aromatic rings. The Morgan fingerprint density at radius 2 is 1.72 bits per heavy atom. The maximum absolute atomic E-state index is 13.2. The van der Waals surface area contributed by atoms with Gasteiger partial charge in [-0.15, -0.1) is 0 Å². The largest absolute Gasteiger partial charge is 0.326 e. The Morgan fingerprint density at radius 3 is 2.36 bits per heavy atom. The van der Waals surface area contributed by atoms with Crippen molar-refractivity contribution in [3.8, 4) is 0 Å². The minimum atomic E-state index is -1.61. The first-order valence-electron chi connectivity index (χ1n) is 7.26. The summed E-state index contributed by atoms with van der Waals surface area (Å²) in [6.45, 7) is 0. The van der Waals surface area contributed by atoms with Crippen molar-refractivity contribution in [2.24, 2.45) is 7.05 Å². The molecule has 1 N–H and O–H groups in total. The predicted octanol–water partition coefficient (Wildman–Crippen LogP) is 2.53. The van der Waals surface area contributed by atoms with Gasteiger partial charge in [0, 0.05) is 30.3 Å². The molecule has 1 amide bonds. The number of aromatic nitrogens is 2. The standard InChI is InChI=1S/C17H12F3N3O2/c1-23-17(25)11-5-3-2-4-10(11)14(22-23)8-15(24)21-9-6-12(18)16(20)13(19)7-9/h2-7H,8H2,1H3,(H,21,24). The minimum absolute atomic E-state index is 0.212. The molecule has 0 saturated carbocycles. The van der Waals surface area contributed by atoms with E-state index in [1.807, 2.05) is 0 Å². The molecule has 0 aliphatic carbocycles. The summed E-state index contributed by atoms with van der Waals surface area (Å²) in [5.74, 6) is -5.02. The molecule has 8 heteroatoms. The molecule has 1 heterocycles. The molecule has 0 spiro atoms. The maximum atomic E-state index is 13.2. The smallest absolute Gasteiger partial charge is 0.274 e. The van der Waals surface area contributed by atoms with Crippen LogP contribution in [-0.4, -0.2) is 15.7 Å². The second kappa shape index (κ2) is 6.39. The molecule has 2 aromatic carbocycles. The fraction of sp³-hybridized carbons (Fsp3) is 0.118. The molecule has 0 radical (unpaired) electrons. The average molecular weight is 347 g/mol. The van der Waals surface area contributed by atoms with Crippen LogP contribution in [0.25, 0.3) is 10.8 Å². The molecule has 0 fully saturated rings. The normalized spacial score (nSPS) is 10.9. The molecular formula is C17H12F3N3O2. The molecule has 0 unspecified atom stereocenters. The lowest BCUT2D eigenvalue weighted by Gasteiger charge is -2.09. The third-order valence-electron chi connectivity index (χ3n) is 3.63. The third-order valence-corrected chi connectivity index (χ3v) is 3.63. The van der Waals surface area contributed by atoms with Crippen LogP contribution >= 0.6 is 0 Å². The summed E-state index contributed by atoms with van der Waals surface area (Å²) in [6, 6.07) is 8.04. The van der Waals surface area contributed by atoms with Crippen LogP contribution in [0.5, 0.6) is 0 Å². The number of nitrogens with one attached hydrogen (secondary N) is 1. The Bertz CT molecular complexity index is 1020. The molecule has 0 saturated heterocycles. The maximum Gasteiger partial charge on any atom is 0.274 e. The molecule has 0 bridgehead atoms. The lowest BCUT2D eigenvalue weighted by Crippen LogP contribution is -2.24. The Labute approximate surface area is 139 Å². The van der Waals surface area contributed by atoms with Crippen molar-refractivity contribution in [1.29, 1.82) is 0 Å². The molecule has 128 valence electrons. The number of hydrogen-bond donors (Lipinski definition) is 1. The molecule has 25 heavy (non-hydrogen) atoms. The minimum Gasteiger partial charge on any atom is -0.326 e. The number of carbonyl (C=O) groups excluding carboxylic acids is 1. The highest BCUT2D eigenvalue weighted by atomic mass is 19.2. The van der Waals surface area contributed by atoms with Gasteiger partial charge >= 0.3 is 0 Å². The van der Waals surface area contributed by atoms with Crippen LogP contribution < -0.4 is 10.9 Å². The van der Waals surface area contributed by atoms with Gasteiger partial charge in [-0.1, -0.05) is 18.2 Å². The number of halogens is 3. The summed E-state index contributed by atoms with van der Waals surface area (Å²) in [6.07, 6.45) is -0.227. The third kappa shape index (κ3) is 3.23. The second-order valence-electron chi connectivity index (χ2n) is 5.40. The van der Waals surface area contributed by atoms with Crippen molar-refractivity contribution in [3.05, 3.63) is 69.9 Å². The van der Waals surface area contributed by atoms with Crippen molar-refractivity contribution >= 4 is 22.4 Å². The van der Waals surface area contributed by atoms with E-state index in [0.717, 1.165) is 4.68 Å². The van der Waals surface area contributed by atoms with E-state index < -0.39 is 23.4 Å². The van der Waals surface area contributed by atoms with Crippen LogP contribution in [0.4, 0.5) is 18.9 Å². The molecular weight excluding hydrogens is 335 g/mol. The lowest BCUT2D eigenvalue weighted by atomic mass is 10.1. The van der Waals surface area contributed by atoms with Gasteiger partial charge in [-0.05, 0) is 6.07 Å². The number of amides is 1. The molecule has 1 aromatic heterocycles. The van der Waals surface area contributed by atoms with Crippen LogP contribution in [0, 0.1) is 17.5 Å². The van der Waals surface area contributed by atoms with E-state index in [0.29, 0.717) is 28.6 Å². The number of hydrogen-bond acceptors (Lipinski definition) is 3. The van der Waals surface area contributed by atoms with Crippen molar-refractivity contribution in [1.82, 2.24) is 9.78 Å². The van der Waals surface area contributed by atoms with Crippen LogP contribution in [0.3, 0.4) is 0 Å². The Hall–Kier alpha value is -3.16. The van der Waals surface area contributed by atoms with Gasteiger partial charge in [0.15, 0.2) is 17.5 Å². The van der Waals surface area contributed by atoms with Gasteiger partial charge in [0.05, 0.1) is 17.5 Å². The summed E-state index contributed by atoms with van der Waals surface area (Å²) in [7, 11) is 1.46. The SMILES string of the molecule is Cn1nc(CC(=O)Nc2cc(F)c(F)c(F)c2)c2ccccc2c1=O. The zero-order valence-corrected chi connectivity index (χ0v) is 13.0. The first-order chi connectivity index (χ1) is 11.9. The lowest BCUT2D eigenvalue weighted by molar-refractivity contribution is -0.115. The quantitative estimate of drug-likeness (QED) is 0.741. The van der Waals surface area contributed by atoms with Crippen LogP contribution in [0.15, 0.2) is 41.2 Å². The zero-order chi connectivity index (χ0) is 18.1. The van der Waals surface area contributed by atoms with Crippen LogP contribution in [0.2, 0.25) is 0 Å². The van der Waals surface area contributed by atoms with Gasteiger partial charge in [-0.25, -0.2) is 17.9 Å². The summed E-state index contributed by atoms with van der Waals surface area (Å²) in [4.78, 5) is 24.2. The molecule has 0 atom stereocenters. The number of fused-ring (bicyclic) bond motifs is 1. The first-order valence-corrected chi connectivity index (χ1v) is 7.26. The van der Waals surface area contributed by atoms with Crippen molar-refractivity contribution < 1.29 is 18.0 Å². The highest BCUT2D eigenvalue weighted by Crippen LogP contribution is 2.18.